The van der Waals surface area contributed by atoms with Crippen LogP contribution in [0.4, 0.5) is 5.82 Å². The van der Waals surface area contributed by atoms with Crippen molar-refractivity contribution in [1.82, 2.24) is 9.97 Å². The summed E-state index contributed by atoms with van der Waals surface area (Å²) in [6.07, 6.45) is 3.21. The van der Waals surface area contributed by atoms with E-state index in [4.69, 9.17) is 5.11 Å². The molecule has 0 aliphatic rings. The predicted octanol–water partition coefficient (Wildman–Crippen LogP) is 1.04. The van der Waals surface area contributed by atoms with Crippen molar-refractivity contribution in [3.8, 4) is 0 Å². The van der Waals surface area contributed by atoms with E-state index in [0.29, 0.717) is 11.6 Å². The molecule has 0 unspecified atom stereocenters. The molecule has 0 aliphatic heterocycles. The van der Waals surface area contributed by atoms with Gasteiger partial charge in [0.05, 0.1) is 24.7 Å². The van der Waals surface area contributed by atoms with Crippen LogP contribution >= 0.6 is 0 Å². The lowest BCUT2D eigenvalue weighted by atomic mass is 10.2. The van der Waals surface area contributed by atoms with Crippen LogP contribution in [0.15, 0.2) is 12.4 Å². The van der Waals surface area contributed by atoms with E-state index in [9.17, 15) is 0 Å². The zero-order valence-electron chi connectivity index (χ0n) is 7.99. The van der Waals surface area contributed by atoms with Gasteiger partial charge in [-0.15, -0.1) is 0 Å². The third-order valence-corrected chi connectivity index (χ3v) is 1.54. The quantitative estimate of drug-likeness (QED) is 0.728. The van der Waals surface area contributed by atoms with E-state index in [1.807, 2.05) is 0 Å². The van der Waals surface area contributed by atoms with Crippen molar-refractivity contribution in [2.45, 2.75) is 20.5 Å². The maximum atomic E-state index is 8.81. The van der Waals surface area contributed by atoms with Crippen molar-refractivity contribution < 1.29 is 5.11 Å². The smallest absolute Gasteiger partial charge is 0.144 e. The number of hydrogen-bond acceptors (Lipinski definition) is 4. The molecule has 2 N–H and O–H groups in total. The van der Waals surface area contributed by atoms with Gasteiger partial charge in [-0.05, 0) is 5.92 Å². The van der Waals surface area contributed by atoms with E-state index in [1.165, 1.54) is 0 Å². The van der Waals surface area contributed by atoms with Crippen molar-refractivity contribution in [2.24, 2.45) is 5.92 Å². The van der Waals surface area contributed by atoms with Gasteiger partial charge in [-0.2, -0.15) is 0 Å². The number of nitrogens with one attached hydrogen (secondary N) is 1. The first-order chi connectivity index (χ1) is 6.22. The van der Waals surface area contributed by atoms with E-state index in [2.05, 4.69) is 29.1 Å². The molecule has 13 heavy (non-hydrogen) atoms. The normalized spacial score (nSPS) is 10.5. The highest BCUT2D eigenvalue weighted by Gasteiger charge is 1.98. The highest BCUT2D eigenvalue weighted by molar-refractivity contribution is 5.31. The third kappa shape index (κ3) is 3.38. The van der Waals surface area contributed by atoms with Crippen LogP contribution in [-0.4, -0.2) is 21.6 Å². The maximum Gasteiger partial charge on any atom is 0.144 e. The van der Waals surface area contributed by atoms with Crippen molar-refractivity contribution in [3.05, 3.63) is 18.1 Å². The molecule has 0 saturated heterocycles. The Morgan fingerprint density at radius 1 is 1.46 bits per heavy atom. The molecule has 0 aromatic carbocycles. The zero-order valence-corrected chi connectivity index (χ0v) is 7.99. The average Bonchev–Trinajstić information content (AvgIpc) is 2.15. The molecular weight excluding hydrogens is 166 g/mol. The summed E-state index contributed by atoms with van der Waals surface area (Å²) in [4.78, 5) is 8.09. The first kappa shape index (κ1) is 9.92. The van der Waals surface area contributed by atoms with Crippen LogP contribution in [0.5, 0.6) is 0 Å². The monoisotopic (exact) mass is 181 g/mol. The SMILES string of the molecule is CC(C)CNc1cncc(CO)n1. The first-order valence-electron chi connectivity index (χ1n) is 4.38. The summed E-state index contributed by atoms with van der Waals surface area (Å²) in [5, 5.41) is 11.9. The van der Waals surface area contributed by atoms with Gasteiger partial charge in [-0.25, -0.2) is 4.98 Å². The molecule has 0 spiro atoms. The second-order valence-corrected chi connectivity index (χ2v) is 3.33. The van der Waals surface area contributed by atoms with E-state index in [-0.39, 0.29) is 6.61 Å². The van der Waals surface area contributed by atoms with E-state index in [0.717, 1.165) is 12.4 Å². The molecule has 0 bridgehead atoms. The lowest BCUT2D eigenvalue weighted by molar-refractivity contribution is 0.276. The van der Waals surface area contributed by atoms with Crippen molar-refractivity contribution >= 4 is 5.82 Å². The zero-order chi connectivity index (χ0) is 9.68. The molecule has 1 heterocycles. The number of aromatic nitrogens is 2. The van der Waals surface area contributed by atoms with Crippen LogP contribution in [0.25, 0.3) is 0 Å². The molecule has 72 valence electrons. The minimum absolute atomic E-state index is 0.0653. The van der Waals surface area contributed by atoms with Crippen molar-refractivity contribution in [3.63, 3.8) is 0 Å². The molecule has 1 aromatic heterocycles. The van der Waals surface area contributed by atoms with Gasteiger partial charge in [0.15, 0.2) is 0 Å². The molecule has 0 atom stereocenters. The Hall–Kier alpha value is -1.16. The van der Waals surface area contributed by atoms with Gasteiger partial charge < -0.3 is 10.4 Å². The van der Waals surface area contributed by atoms with Crippen LogP contribution in [0, 0.1) is 5.92 Å². The Balaban J connectivity index is 2.56. The Morgan fingerprint density at radius 3 is 2.85 bits per heavy atom. The van der Waals surface area contributed by atoms with Gasteiger partial charge >= 0.3 is 0 Å². The maximum absolute atomic E-state index is 8.81. The summed E-state index contributed by atoms with van der Waals surface area (Å²) in [5.74, 6) is 1.29. The van der Waals surface area contributed by atoms with Gasteiger partial charge in [-0.1, -0.05) is 13.8 Å². The largest absolute Gasteiger partial charge is 0.390 e. The fraction of sp³-hybridized carbons (Fsp3) is 0.556. The summed E-state index contributed by atoms with van der Waals surface area (Å²) in [6.45, 7) is 5.04. The van der Waals surface area contributed by atoms with Gasteiger partial charge in [0.25, 0.3) is 0 Å². The lowest BCUT2D eigenvalue weighted by Crippen LogP contribution is -2.10. The van der Waals surface area contributed by atoms with E-state index >= 15 is 0 Å². The van der Waals surface area contributed by atoms with Gasteiger partial charge in [0.2, 0.25) is 0 Å². The lowest BCUT2D eigenvalue weighted by Gasteiger charge is -2.07. The first-order valence-corrected chi connectivity index (χ1v) is 4.38. The Bertz CT molecular complexity index is 263. The molecule has 1 aromatic rings. The van der Waals surface area contributed by atoms with Gasteiger partial charge in [0, 0.05) is 6.54 Å². The number of aliphatic hydroxyl groups is 1. The molecular formula is C9H15N3O. The number of hydrogen-bond donors (Lipinski definition) is 2. The molecule has 0 amide bonds. The fourth-order valence-electron chi connectivity index (χ4n) is 0.876. The highest BCUT2D eigenvalue weighted by atomic mass is 16.3. The van der Waals surface area contributed by atoms with Crippen LogP contribution in [-0.2, 0) is 6.61 Å². The number of rotatable bonds is 4. The van der Waals surface area contributed by atoms with E-state index < -0.39 is 0 Å². The summed E-state index contributed by atoms with van der Waals surface area (Å²) in [6, 6.07) is 0. The van der Waals surface area contributed by atoms with E-state index in [1.54, 1.807) is 12.4 Å². The number of nitrogens with zero attached hydrogens (tertiary/aromatic N) is 2. The molecule has 4 heteroatoms. The minimum Gasteiger partial charge on any atom is -0.390 e. The van der Waals surface area contributed by atoms with Crippen LogP contribution in [0.3, 0.4) is 0 Å². The van der Waals surface area contributed by atoms with Crippen LogP contribution < -0.4 is 5.32 Å². The minimum atomic E-state index is -0.0653. The Morgan fingerprint density at radius 2 is 2.23 bits per heavy atom. The topological polar surface area (TPSA) is 58.0 Å². The Labute approximate surface area is 78.0 Å². The standard InChI is InChI=1S/C9H15N3O/c1-7(2)3-11-9-5-10-4-8(6-13)12-9/h4-5,7,13H,3,6H2,1-2H3,(H,11,12). The average molecular weight is 181 g/mol. The summed E-state index contributed by atoms with van der Waals surface area (Å²) < 4.78 is 0. The number of aliphatic hydroxyl groups excluding tert-OH is 1. The third-order valence-electron chi connectivity index (χ3n) is 1.54. The fourth-order valence-corrected chi connectivity index (χ4v) is 0.876. The van der Waals surface area contributed by atoms with Crippen molar-refractivity contribution in [2.75, 3.05) is 11.9 Å². The van der Waals surface area contributed by atoms with Crippen LogP contribution in [0.1, 0.15) is 19.5 Å². The van der Waals surface area contributed by atoms with Crippen molar-refractivity contribution in [1.29, 1.82) is 0 Å². The number of anilines is 1. The molecule has 0 radical (unpaired) electrons. The van der Waals surface area contributed by atoms with Gasteiger partial charge in [0.1, 0.15) is 5.82 Å². The molecule has 0 saturated carbocycles. The predicted molar refractivity (Wildman–Crippen MR) is 51.3 cm³/mol. The highest BCUT2D eigenvalue weighted by Crippen LogP contribution is 2.03. The Kier molecular flexibility index (Phi) is 3.64. The molecule has 4 nitrogen and oxygen atoms in total. The molecule has 1 rings (SSSR count). The van der Waals surface area contributed by atoms with Crippen LogP contribution in [0.2, 0.25) is 0 Å². The second kappa shape index (κ2) is 4.77. The summed E-state index contributed by atoms with van der Waals surface area (Å²) >= 11 is 0. The second-order valence-electron chi connectivity index (χ2n) is 3.33. The summed E-state index contributed by atoms with van der Waals surface area (Å²) in [7, 11) is 0. The molecule has 0 aliphatic carbocycles. The summed E-state index contributed by atoms with van der Waals surface area (Å²) in [5.41, 5.74) is 0.591. The molecule has 0 fully saturated rings. The van der Waals surface area contributed by atoms with Gasteiger partial charge in [-0.3, -0.25) is 4.98 Å².